The molecule has 1 aromatic heterocycles. The summed E-state index contributed by atoms with van der Waals surface area (Å²) >= 11 is 0. The molecule has 0 spiro atoms. The SMILES string of the molecule is C=CC1C[C@]1(NC(=O)[C@@H]1C[C@@H]2CN1C(=O)[C@H](C(C)(C)C)NC(=O)OCC(C)(C)CCCc1cc3c(cc(OCC)nc3cc1OC)O2)C(=O)NS(=O)(=O)C1CC1. The van der Waals surface area contributed by atoms with E-state index in [-0.39, 0.29) is 26.0 Å². The summed E-state index contributed by atoms with van der Waals surface area (Å²) in [6.07, 6.45) is 3.20. The van der Waals surface area contributed by atoms with Crippen molar-refractivity contribution in [3.63, 3.8) is 0 Å². The number of carbonyl (C=O) groups is 4. The average molecular weight is 798 g/mol. The van der Waals surface area contributed by atoms with E-state index in [2.05, 4.69) is 21.9 Å². The molecule has 16 heteroatoms. The molecule has 2 saturated carbocycles. The molecule has 2 aliphatic carbocycles. The second-order valence-corrected chi connectivity index (χ2v) is 19.2. The summed E-state index contributed by atoms with van der Waals surface area (Å²) in [5, 5.41) is 5.63. The normalized spacial score (nSPS) is 26.9. The lowest BCUT2D eigenvalue weighted by Crippen LogP contribution is -2.60. The molecule has 3 N–H and O–H groups in total. The maximum absolute atomic E-state index is 14.7. The first-order chi connectivity index (χ1) is 26.3. The van der Waals surface area contributed by atoms with Crippen LogP contribution in [0.5, 0.6) is 17.4 Å². The molecule has 0 radical (unpaired) electrons. The fourth-order valence-electron chi connectivity index (χ4n) is 7.59. The van der Waals surface area contributed by atoms with Crippen LogP contribution in [-0.4, -0.2) is 98.0 Å². The van der Waals surface area contributed by atoms with Crippen LogP contribution in [0.3, 0.4) is 0 Å². The number of aromatic nitrogens is 1. The second kappa shape index (κ2) is 15.4. The lowest BCUT2D eigenvalue weighted by molar-refractivity contribution is -0.142. The number of rotatable bonds is 9. The van der Waals surface area contributed by atoms with Gasteiger partial charge in [-0.15, -0.1) is 6.58 Å². The number of hydrogen-bond donors (Lipinski definition) is 3. The predicted octanol–water partition coefficient (Wildman–Crippen LogP) is 4.16. The maximum Gasteiger partial charge on any atom is 0.407 e. The lowest BCUT2D eigenvalue weighted by Gasteiger charge is -2.35. The number of ether oxygens (including phenoxy) is 4. The summed E-state index contributed by atoms with van der Waals surface area (Å²) in [7, 11) is -2.31. The number of pyridine rings is 1. The largest absolute Gasteiger partial charge is 0.496 e. The molecule has 2 aliphatic heterocycles. The van der Waals surface area contributed by atoms with Gasteiger partial charge in [0.05, 0.1) is 37.6 Å². The van der Waals surface area contributed by atoms with Crippen molar-refractivity contribution in [2.45, 2.75) is 115 Å². The topological polar surface area (TPSA) is 192 Å². The molecule has 3 fully saturated rings. The Morgan fingerprint density at radius 1 is 1.18 bits per heavy atom. The van der Waals surface area contributed by atoms with E-state index in [0.717, 1.165) is 18.4 Å². The monoisotopic (exact) mass is 797 g/mol. The number of hydrogen-bond acceptors (Lipinski definition) is 11. The first kappa shape index (κ1) is 41.0. The summed E-state index contributed by atoms with van der Waals surface area (Å²) < 4.78 is 51.7. The van der Waals surface area contributed by atoms with Gasteiger partial charge in [-0.05, 0) is 67.9 Å². The molecular formula is C40H55N5O10S. The zero-order chi connectivity index (χ0) is 40.8. The van der Waals surface area contributed by atoms with Gasteiger partial charge in [0.2, 0.25) is 27.7 Å². The molecule has 4 bridgehead atoms. The Labute approximate surface area is 328 Å². The third-order valence-corrected chi connectivity index (χ3v) is 12.9. The average Bonchev–Trinajstić information content (AvgIpc) is 4.05. The molecule has 306 valence electrons. The number of amides is 4. The van der Waals surface area contributed by atoms with E-state index in [9.17, 15) is 27.6 Å². The van der Waals surface area contributed by atoms with Crippen molar-refractivity contribution < 1.29 is 46.5 Å². The van der Waals surface area contributed by atoms with Crippen molar-refractivity contribution in [3.05, 3.63) is 36.4 Å². The summed E-state index contributed by atoms with van der Waals surface area (Å²) in [5.41, 5.74) is -1.29. The number of aryl methyl sites for hydroxylation is 1. The molecule has 1 aromatic carbocycles. The van der Waals surface area contributed by atoms with Crippen molar-refractivity contribution in [3.8, 4) is 17.4 Å². The van der Waals surface area contributed by atoms with Crippen LogP contribution in [-0.2, 0) is 35.6 Å². The van der Waals surface area contributed by atoms with Crippen LogP contribution in [0.4, 0.5) is 4.79 Å². The zero-order valence-corrected chi connectivity index (χ0v) is 34.2. The Kier molecular flexibility index (Phi) is 11.3. The summed E-state index contributed by atoms with van der Waals surface area (Å²) in [5.74, 6) is -1.19. The highest BCUT2D eigenvalue weighted by atomic mass is 32.2. The summed E-state index contributed by atoms with van der Waals surface area (Å²) in [6.45, 7) is 15.4. The van der Waals surface area contributed by atoms with Gasteiger partial charge >= 0.3 is 6.09 Å². The number of sulfonamides is 1. The van der Waals surface area contributed by atoms with E-state index in [4.69, 9.17) is 23.9 Å². The predicted molar refractivity (Wildman–Crippen MR) is 208 cm³/mol. The first-order valence-corrected chi connectivity index (χ1v) is 20.9. The van der Waals surface area contributed by atoms with Gasteiger partial charge in [-0.1, -0.05) is 40.7 Å². The van der Waals surface area contributed by atoms with Crippen molar-refractivity contribution in [2.75, 3.05) is 26.9 Å². The summed E-state index contributed by atoms with van der Waals surface area (Å²) in [6, 6.07) is 3.23. The quantitative estimate of drug-likeness (QED) is 0.309. The van der Waals surface area contributed by atoms with Crippen LogP contribution >= 0.6 is 0 Å². The number of benzene rings is 1. The minimum absolute atomic E-state index is 0.0146. The standard InChI is InChI=1S/C40H55N5O10S/c1-9-24-20-40(24,36(48)44-56(50,51)26-13-14-26)43-34(46)29-17-25-21-45(29)35(47)33(38(3,4)5)42-37(49)54-22-39(6,7)15-11-12-23-16-27-28(18-30(23)52-8)41-32(53-10-2)19-31(27)55-25/h9,16,18-19,24-26,29,33H,1,10-15,17,20-22H2,2-8H3,(H,42,49)(H,43,46)(H,44,48)/t24?,25-,29+,33-,40-/m1/s1. The van der Waals surface area contributed by atoms with Gasteiger partial charge in [-0.25, -0.2) is 18.2 Å². The van der Waals surface area contributed by atoms with Gasteiger partial charge < -0.3 is 34.5 Å². The molecule has 1 unspecified atom stereocenters. The second-order valence-electron chi connectivity index (χ2n) is 17.3. The lowest BCUT2D eigenvalue weighted by atomic mass is 9.85. The Balaban J connectivity index is 1.40. The Morgan fingerprint density at radius 2 is 1.91 bits per heavy atom. The van der Waals surface area contributed by atoms with E-state index in [1.54, 1.807) is 33.9 Å². The number of nitrogens with zero attached hydrogens (tertiary/aromatic N) is 2. The third kappa shape index (κ3) is 8.69. The highest BCUT2D eigenvalue weighted by Crippen LogP contribution is 2.46. The van der Waals surface area contributed by atoms with Crippen molar-refractivity contribution in [1.82, 2.24) is 25.2 Å². The van der Waals surface area contributed by atoms with Gasteiger partial charge in [-0.3, -0.25) is 19.1 Å². The molecule has 4 amide bonds. The smallest absolute Gasteiger partial charge is 0.407 e. The molecule has 15 nitrogen and oxygen atoms in total. The van der Waals surface area contributed by atoms with Gasteiger partial charge in [-0.2, -0.15) is 0 Å². The minimum Gasteiger partial charge on any atom is -0.496 e. The molecular weight excluding hydrogens is 743 g/mol. The van der Waals surface area contributed by atoms with Crippen LogP contribution in [0, 0.1) is 16.7 Å². The fourth-order valence-corrected chi connectivity index (χ4v) is 8.95. The minimum atomic E-state index is -3.91. The van der Waals surface area contributed by atoms with E-state index >= 15 is 0 Å². The third-order valence-electron chi connectivity index (χ3n) is 11.1. The number of cyclic esters (lactones) is 1. The molecule has 1 saturated heterocycles. The van der Waals surface area contributed by atoms with Gasteiger partial charge in [0.15, 0.2) is 0 Å². The Morgan fingerprint density at radius 3 is 2.54 bits per heavy atom. The van der Waals surface area contributed by atoms with Crippen molar-refractivity contribution in [2.24, 2.45) is 16.7 Å². The van der Waals surface area contributed by atoms with Crippen LogP contribution in [0.1, 0.15) is 85.6 Å². The van der Waals surface area contributed by atoms with Gasteiger partial charge in [0, 0.05) is 29.9 Å². The number of carbonyl (C=O) groups excluding carboxylic acids is 4. The Hall–Kier alpha value is -4.60. The summed E-state index contributed by atoms with van der Waals surface area (Å²) in [4.78, 5) is 62.1. The molecule has 3 heterocycles. The van der Waals surface area contributed by atoms with Crippen LogP contribution < -0.4 is 29.6 Å². The number of fused-ring (bicyclic) bond motifs is 3. The highest BCUT2D eigenvalue weighted by molar-refractivity contribution is 7.91. The maximum atomic E-state index is 14.7. The zero-order valence-electron chi connectivity index (χ0n) is 33.4. The number of nitrogens with one attached hydrogen (secondary N) is 3. The van der Waals surface area contributed by atoms with Crippen molar-refractivity contribution in [1.29, 1.82) is 0 Å². The molecule has 2 aromatic rings. The Bertz CT molecular complexity index is 2010. The number of methoxy groups -OCH3 is 1. The molecule has 4 aliphatic rings. The van der Waals surface area contributed by atoms with E-state index in [1.165, 1.54) is 11.0 Å². The number of alkyl carbamates (subject to hydrolysis) is 1. The molecule has 56 heavy (non-hydrogen) atoms. The highest BCUT2D eigenvalue weighted by Gasteiger charge is 2.62. The fraction of sp³-hybridized carbons (Fsp3) is 0.625. The van der Waals surface area contributed by atoms with Gasteiger partial charge in [0.25, 0.3) is 5.91 Å². The van der Waals surface area contributed by atoms with Crippen LogP contribution in [0.2, 0.25) is 0 Å². The molecule has 5 atom stereocenters. The van der Waals surface area contributed by atoms with E-state index in [1.807, 2.05) is 32.9 Å². The van der Waals surface area contributed by atoms with E-state index in [0.29, 0.717) is 54.2 Å². The van der Waals surface area contributed by atoms with Gasteiger partial charge in [0.1, 0.15) is 35.2 Å². The van der Waals surface area contributed by atoms with Crippen LogP contribution in [0.25, 0.3) is 10.9 Å². The van der Waals surface area contributed by atoms with E-state index < -0.39 is 79.6 Å². The molecule has 6 rings (SSSR count). The van der Waals surface area contributed by atoms with Crippen molar-refractivity contribution >= 4 is 44.7 Å². The first-order valence-electron chi connectivity index (χ1n) is 19.4. The van der Waals surface area contributed by atoms with Crippen LogP contribution in [0.15, 0.2) is 30.9 Å².